The summed E-state index contributed by atoms with van der Waals surface area (Å²) in [4.78, 5) is 5.33. The smallest absolute Gasteiger partial charge is 0.132 e. The molecule has 5 heteroatoms. The fourth-order valence-corrected chi connectivity index (χ4v) is 2.61. The summed E-state index contributed by atoms with van der Waals surface area (Å²) in [5.74, 6) is 1.37. The fraction of sp³-hybridized carbons (Fsp3) is 0.250. The number of ether oxygens (including phenoxy) is 1. The number of fused-ring (bicyclic) bond motifs is 1. The SMILES string of the molecule is NC(=Nc1ccc2c(c1)CNCCO2)C1=CC=CCC1=S. The van der Waals surface area contributed by atoms with E-state index in [0.29, 0.717) is 12.4 Å². The number of hydrogen-bond acceptors (Lipinski definition) is 4. The Kier molecular flexibility index (Phi) is 4.13. The van der Waals surface area contributed by atoms with Gasteiger partial charge in [0.05, 0.1) is 5.69 Å². The molecule has 0 fully saturated rings. The average Bonchev–Trinajstić information content (AvgIpc) is 2.72. The molecular formula is C16H17N3OS. The van der Waals surface area contributed by atoms with Crippen LogP contribution in [0.15, 0.2) is 47.0 Å². The van der Waals surface area contributed by atoms with Crippen molar-refractivity contribution in [1.29, 1.82) is 0 Å². The van der Waals surface area contributed by atoms with Gasteiger partial charge in [-0.2, -0.15) is 0 Å². The Hall–Kier alpha value is -1.98. The number of nitrogens with zero attached hydrogens (tertiary/aromatic N) is 1. The molecule has 0 radical (unpaired) electrons. The van der Waals surface area contributed by atoms with E-state index in [4.69, 9.17) is 22.7 Å². The minimum Gasteiger partial charge on any atom is -0.492 e. The van der Waals surface area contributed by atoms with Crippen molar-refractivity contribution in [3.05, 3.63) is 47.6 Å². The van der Waals surface area contributed by atoms with Crippen LogP contribution in [0.2, 0.25) is 0 Å². The largest absolute Gasteiger partial charge is 0.492 e. The number of amidine groups is 1. The molecular weight excluding hydrogens is 282 g/mol. The standard InChI is InChI=1S/C16H17N3OS/c17-16(13-3-1-2-4-15(13)21)19-12-5-6-14-11(9-12)10-18-7-8-20-14/h1-3,5-6,9,18H,4,7-8,10H2,(H2,17,19). The van der Waals surface area contributed by atoms with Crippen molar-refractivity contribution in [2.45, 2.75) is 13.0 Å². The van der Waals surface area contributed by atoms with E-state index in [2.05, 4.69) is 10.3 Å². The number of nitrogens with two attached hydrogens (primary N) is 1. The molecule has 0 saturated carbocycles. The first-order chi connectivity index (χ1) is 10.2. The lowest BCUT2D eigenvalue weighted by atomic mass is 10.0. The molecule has 2 aliphatic rings. The Morgan fingerprint density at radius 3 is 3.14 bits per heavy atom. The lowest BCUT2D eigenvalue weighted by molar-refractivity contribution is 0.326. The van der Waals surface area contributed by atoms with Crippen LogP contribution in [-0.2, 0) is 6.54 Å². The van der Waals surface area contributed by atoms with Crippen molar-refractivity contribution in [3.63, 3.8) is 0 Å². The molecule has 3 rings (SSSR count). The van der Waals surface area contributed by atoms with Gasteiger partial charge in [0.15, 0.2) is 0 Å². The molecule has 4 nitrogen and oxygen atoms in total. The van der Waals surface area contributed by atoms with Crippen LogP contribution in [0.5, 0.6) is 5.75 Å². The Morgan fingerprint density at radius 1 is 1.38 bits per heavy atom. The Labute approximate surface area is 129 Å². The monoisotopic (exact) mass is 299 g/mol. The van der Waals surface area contributed by atoms with E-state index in [1.165, 1.54) is 0 Å². The van der Waals surface area contributed by atoms with Crippen LogP contribution in [0.1, 0.15) is 12.0 Å². The zero-order valence-corrected chi connectivity index (χ0v) is 12.5. The van der Waals surface area contributed by atoms with E-state index in [0.717, 1.165) is 46.9 Å². The molecule has 1 aromatic carbocycles. The highest BCUT2D eigenvalue weighted by Crippen LogP contribution is 2.26. The fourth-order valence-electron chi connectivity index (χ4n) is 2.34. The maximum atomic E-state index is 6.09. The number of benzene rings is 1. The molecule has 0 aromatic heterocycles. The first-order valence-electron chi connectivity index (χ1n) is 6.95. The van der Waals surface area contributed by atoms with Crippen molar-refractivity contribution in [2.24, 2.45) is 10.7 Å². The van der Waals surface area contributed by atoms with Crippen molar-refractivity contribution >= 4 is 28.6 Å². The zero-order chi connectivity index (χ0) is 14.7. The van der Waals surface area contributed by atoms with Crippen molar-refractivity contribution in [3.8, 4) is 5.75 Å². The van der Waals surface area contributed by atoms with Gasteiger partial charge in [0, 0.05) is 35.5 Å². The molecule has 3 N–H and O–H groups in total. The van der Waals surface area contributed by atoms with E-state index < -0.39 is 0 Å². The van der Waals surface area contributed by atoms with Gasteiger partial charge in [-0.15, -0.1) is 0 Å². The third kappa shape index (κ3) is 3.20. The van der Waals surface area contributed by atoms with E-state index >= 15 is 0 Å². The van der Waals surface area contributed by atoms with Crippen LogP contribution in [0, 0.1) is 0 Å². The highest BCUT2D eigenvalue weighted by molar-refractivity contribution is 7.81. The molecule has 108 valence electrons. The third-order valence-corrected chi connectivity index (χ3v) is 3.81. The lowest BCUT2D eigenvalue weighted by Gasteiger charge is -2.11. The van der Waals surface area contributed by atoms with E-state index in [1.54, 1.807) is 0 Å². The molecule has 0 unspecified atom stereocenters. The molecule has 0 saturated heterocycles. The lowest BCUT2D eigenvalue weighted by Crippen LogP contribution is -2.20. The number of aliphatic imine (C=N–C) groups is 1. The molecule has 21 heavy (non-hydrogen) atoms. The molecule has 0 amide bonds. The van der Waals surface area contributed by atoms with E-state index in [9.17, 15) is 0 Å². The maximum Gasteiger partial charge on any atom is 0.132 e. The van der Waals surface area contributed by atoms with Gasteiger partial charge in [-0.3, -0.25) is 0 Å². The summed E-state index contributed by atoms with van der Waals surface area (Å²) >= 11 is 5.32. The number of thiocarbonyl (C=S) groups is 1. The van der Waals surface area contributed by atoms with Crippen LogP contribution in [0.25, 0.3) is 0 Å². The van der Waals surface area contributed by atoms with Crippen molar-refractivity contribution < 1.29 is 4.74 Å². The van der Waals surface area contributed by atoms with Crippen LogP contribution in [0.4, 0.5) is 5.69 Å². The normalized spacial score (nSPS) is 18.6. The zero-order valence-electron chi connectivity index (χ0n) is 11.6. The summed E-state index contributed by atoms with van der Waals surface area (Å²) in [6.45, 7) is 2.32. The number of hydrogen-bond donors (Lipinski definition) is 2. The van der Waals surface area contributed by atoms with Crippen LogP contribution in [-0.4, -0.2) is 23.9 Å². The minimum atomic E-state index is 0.465. The number of allylic oxidation sites excluding steroid dienone is 3. The van der Waals surface area contributed by atoms with Crippen LogP contribution in [0.3, 0.4) is 0 Å². The van der Waals surface area contributed by atoms with Crippen LogP contribution >= 0.6 is 12.2 Å². The summed E-state index contributed by atoms with van der Waals surface area (Å²) in [6.07, 6.45) is 6.64. The molecule has 1 heterocycles. The molecule has 0 bridgehead atoms. The van der Waals surface area contributed by atoms with Crippen molar-refractivity contribution in [2.75, 3.05) is 13.2 Å². The summed E-state index contributed by atoms with van der Waals surface area (Å²) in [5.41, 5.74) is 8.85. The second kappa shape index (κ2) is 6.20. The summed E-state index contributed by atoms with van der Waals surface area (Å²) in [6, 6.07) is 5.87. The van der Waals surface area contributed by atoms with Gasteiger partial charge < -0.3 is 15.8 Å². The Balaban J connectivity index is 1.89. The Morgan fingerprint density at radius 2 is 2.29 bits per heavy atom. The highest BCUT2D eigenvalue weighted by atomic mass is 32.1. The van der Waals surface area contributed by atoms with E-state index in [-0.39, 0.29) is 0 Å². The van der Waals surface area contributed by atoms with Gasteiger partial charge in [-0.1, -0.05) is 30.4 Å². The Bertz CT molecular complexity index is 661. The van der Waals surface area contributed by atoms with Crippen LogP contribution < -0.4 is 15.8 Å². The molecule has 1 aliphatic carbocycles. The second-order valence-electron chi connectivity index (χ2n) is 4.95. The molecule has 0 atom stereocenters. The van der Waals surface area contributed by atoms with Gasteiger partial charge in [0.1, 0.15) is 18.2 Å². The first-order valence-corrected chi connectivity index (χ1v) is 7.36. The molecule has 1 aromatic rings. The van der Waals surface area contributed by atoms with Gasteiger partial charge in [-0.05, 0) is 18.2 Å². The summed E-state index contributed by atoms with van der Waals surface area (Å²) < 4.78 is 5.66. The first kappa shape index (κ1) is 14.0. The topological polar surface area (TPSA) is 59.6 Å². The quantitative estimate of drug-likeness (QED) is 0.500. The maximum absolute atomic E-state index is 6.09. The van der Waals surface area contributed by atoms with Gasteiger partial charge in [0.25, 0.3) is 0 Å². The number of rotatable bonds is 2. The summed E-state index contributed by atoms with van der Waals surface area (Å²) in [5, 5.41) is 3.31. The second-order valence-corrected chi connectivity index (χ2v) is 5.44. The average molecular weight is 299 g/mol. The summed E-state index contributed by atoms with van der Waals surface area (Å²) in [7, 11) is 0. The van der Waals surface area contributed by atoms with Crippen molar-refractivity contribution in [1.82, 2.24) is 5.32 Å². The van der Waals surface area contributed by atoms with Gasteiger partial charge in [0.2, 0.25) is 0 Å². The number of nitrogens with one attached hydrogen (secondary N) is 1. The highest BCUT2D eigenvalue weighted by Gasteiger charge is 2.12. The van der Waals surface area contributed by atoms with Gasteiger partial charge >= 0.3 is 0 Å². The molecule has 1 aliphatic heterocycles. The molecule has 0 spiro atoms. The van der Waals surface area contributed by atoms with Gasteiger partial charge in [-0.25, -0.2) is 4.99 Å². The van der Waals surface area contributed by atoms with E-state index in [1.807, 2.05) is 36.4 Å². The predicted octanol–water partition coefficient (Wildman–Crippen LogP) is 2.41. The predicted molar refractivity (Wildman–Crippen MR) is 89.4 cm³/mol. The third-order valence-electron chi connectivity index (χ3n) is 3.42. The minimum absolute atomic E-state index is 0.465.